The fourth-order valence-corrected chi connectivity index (χ4v) is 1.73. The van der Waals surface area contributed by atoms with Crippen LogP contribution in [-0.2, 0) is 6.42 Å². The number of benzene rings is 1. The highest BCUT2D eigenvalue weighted by Gasteiger charge is 2.18. The van der Waals surface area contributed by atoms with E-state index >= 15 is 0 Å². The first-order valence-electron chi connectivity index (χ1n) is 6.20. The van der Waals surface area contributed by atoms with Crippen molar-refractivity contribution in [1.29, 1.82) is 0 Å². The van der Waals surface area contributed by atoms with Gasteiger partial charge in [0.15, 0.2) is 5.82 Å². The van der Waals surface area contributed by atoms with Crippen molar-refractivity contribution in [2.24, 2.45) is 5.73 Å². The van der Waals surface area contributed by atoms with Gasteiger partial charge in [-0.3, -0.25) is 0 Å². The minimum Gasteiger partial charge on any atom is -0.339 e. The van der Waals surface area contributed by atoms with Gasteiger partial charge in [-0.05, 0) is 25.0 Å². The predicted octanol–water partition coefficient (Wildman–Crippen LogP) is 2.42. The molecule has 0 aliphatic carbocycles. The average molecular weight is 245 g/mol. The monoisotopic (exact) mass is 245 g/mol. The van der Waals surface area contributed by atoms with E-state index in [2.05, 4.69) is 29.2 Å². The zero-order valence-electron chi connectivity index (χ0n) is 11.1. The third-order valence-electron chi connectivity index (χ3n) is 3.27. The summed E-state index contributed by atoms with van der Waals surface area (Å²) in [6, 6.07) is 8.23. The molecule has 0 aliphatic rings. The van der Waals surface area contributed by atoms with Crippen LogP contribution in [0.2, 0.25) is 0 Å². The van der Waals surface area contributed by atoms with E-state index in [-0.39, 0.29) is 12.0 Å². The number of nitrogens with zero attached hydrogens (tertiary/aromatic N) is 2. The minimum absolute atomic E-state index is 0.0109. The van der Waals surface area contributed by atoms with Crippen molar-refractivity contribution < 1.29 is 4.52 Å². The molecule has 96 valence electrons. The maximum Gasteiger partial charge on any atom is 0.231 e. The van der Waals surface area contributed by atoms with Crippen molar-refractivity contribution in [1.82, 2.24) is 10.1 Å². The molecule has 2 rings (SSSR count). The molecule has 4 nitrogen and oxygen atoms in total. The van der Waals surface area contributed by atoms with Gasteiger partial charge in [0.05, 0.1) is 5.92 Å². The first-order valence-corrected chi connectivity index (χ1v) is 6.20. The Morgan fingerprint density at radius 2 is 2.00 bits per heavy atom. The number of aryl methyl sites for hydroxylation is 1. The van der Waals surface area contributed by atoms with Crippen LogP contribution in [0.15, 0.2) is 28.8 Å². The van der Waals surface area contributed by atoms with Crippen LogP contribution in [0.25, 0.3) is 0 Å². The fraction of sp³-hybridized carbons (Fsp3) is 0.429. The Morgan fingerprint density at radius 3 is 2.67 bits per heavy atom. The Bertz CT molecular complexity index is 519. The van der Waals surface area contributed by atoms with Gasteiger partial charge >= 0.3 is 0 Å². The summed E-state index contributed by atoms with van der Waals surface area (Å²) in [5, 5.41) is 4.01. The van der Waals surface area contributed by atoms with E-state index < -0.39 is 0 Å². The summed E-state index contributed by atoms with van der Waals surface area (Å²) >= 11 is 0. The van der Waals surface area contributed by atoms with Crippen molar-refractivity contribution in [3.63, 3.8) is 0 Å². The van der Waals surface area contributed by atoms with E-state index in [0.717, 1.165) is 0 Å². The van der Waals surface area contributed by atoms with Crippen LogP contribution in [0.4, 0.5) is 0 Å². The van der Waals surface area contributed by atoms with Gasteiger partial charge in [-0.25, -0.2) is 0 Å². The van der Waals surface area contributed by atoms with Crippen LogP contribution < -0.4 is 5.73 Å². The normalized spacial score (nSPS) is 14.4. The highest BCUT2D eigenvalue weighted by molar-refractivity contribution is 5.28. The third kappa shape index (κ3) is 2.76. The van der Waals surface area contributed by atoms with Crippen LogP contribution in [0, 0.1) is 6.92 Å². The van der Waals surface area contributed by atoms with Crippen LogP contribution in [0.3, 0.4) is 0 Å². The minimum atomic E-state index is 0.0109. The van der Waals surface area contributed by atoms with Crippen molar-refractivity contribution in [3.05, 3.63) is 47.1 Å². The Balaban J connectivity index is 2.14. The second-order valence-corrected chi connectivity index (χ2v) is 4.80. The molecule has 4 heteroatoms. The maximum absolute atomic E-state index is 5.83. The predicted molar refractivity (Wildman–Crippen MR) is 70.3 cm³/mol. The lowest BCUT2D eigenvalue weighted by Crippen LogP contribution is -2.22. The van der Waals surface area contributed by atoms with E-state index in [0.29, 0.717) is 18.1 Å². The van der Waals surface area contributed by atoms with Crippen LogP contribution in [0.5, 0.6) is 0 Å². The Kier molecular flexibility index (Phi) is 3.77. The van der Waals surface area contributed by atoms with E-state index in [9.17, 15) is 0 Å². The molecular formula is C14H19N3O. The van der Waals surface area contributed by atoms with Gasteiger partial charge in [0.25, 0.3) is 0 Å². The molecule has 2 aromatic rings. The first-order chi connectivity index (χ1) is 8.58. The van der Waals surface area contributed by atoms with E-state index in [4.69, 9.17) is 10.3 Å². The van der Waals surface area contributed by atoms with Crippen LogP contribution in [-0.4, -0.2) is 16.2 Å². The summed E-state index contributed by atoms with van der Waals surface area (Å²) in [6.45, 7) is 6.02. The molecule has 0 saturated heterocycles. The average Bonchev–Trinajstić information content (AvgIpc) is 2.79. The number of hydrogen-bond acceptors (Lipinski definition) is 4. The molecule has 1 aromatic carbocycles. The lowest BCUT2D eigenvalue weighted by atomic mass is 10.0. The number of nitrogens with two attached hydrogens (primary N) is 1. The molecule has 0 aliphatic heterocycles. The maximum atomic E-state index is 5.83. The van der Waals surface area contributed by atoms with E-state index in [1.165, 1.54) is 11.1 Å². The lowest BCUT2D eigenvalue weighted by Gasteiger charge is -2.09. The molecular weight excluding hydrogens is 226 g/mol. The fourth-order valence-electron chi connectivity index (χ4n) is 1.73. The summed E-state index contributed by atoms with van der Waals surface area (Å²) in [5.41, 5.74) is 8.29. The molecule has 1 aromatic heterocycles. The second kappa shape index (κ2) is 5.31. The highest BCUT2D eigenvalue weighted by Crippen LogP contribution is 2.17. The zero-order valence-corrected chi connectivity index (χ0v) is 11.1. The molecule has 2 atom stereocenters. The lowest BCUT2D eigenvalue weighted by molar-refractivity contribution is 0.343. The molecule has 0 radical (unpaired) electrons. The summed E-state index contributed by atoms with van der Waals surface area (Å²) < 4.78 is 5.26. The smallest absolute Gasteiger partial charge is 0.231 e. The van der Waals surface area contributed by atoms with Gasteiger partial charge in [-0.1, -0.05) is 36.3 Å². The SMILES string of the molecule is Cc1ccccc1Cc1noc(C(C)C(C)N)n1. The van der Waals surface area contributed by atoms with Gasteiger partial charge < -0.3 is 10.3 Å². The molecule has 1 heterocycles. The van der Waals surface area contributed by atoms with Gasteiger partial charge in [0.2, 0.25) is 5.89 Å². The van der Waals surface area contributed by atoms with Gasteiger partial charge in [0.1, 0.15) is 0 Å². The molecule has 2 unspecified atom stereocenters. The van der Waals surface area contributed by atoms with Crippen molar-refractivity contribution in [3.8, 4) is 0 Å². The topological polar surface area (TPSA) is 64.9 Å². The van der Waals surface area contributed by atoms with Crippen molar-refractivity contribution in [2.45, 2.75) is 39.2 Å². The van der Waals surface area contributed by atoms with E-state index in [1.54, 1.807) is 0 Å². The summed E-state index contributed by atoms with van der Waals surface area (Å²) in [5.74, 6) is 1.42. The van der Waals surface area contributed by atoms with Gasteiger partial charge in [0, 0.05) is 12.5 Å². The Labute approximate surface area is 107 Å². The van der Waals surface area contributed by atoms with Crippen LogP contribution >= 0.6 is 0 Å². The molecule has 0 saturated carbocycles. The first kappa shape index (κ1) is 12.8. The molecule has 18 heavy (non-hydrogen) atoms. The number of hydrogen-bond donors (Lipinski definition) is 1. The number of rotatable bonds is 4. The summed E-state index contributed by atoms with van der Waals surface area (Å²) in [6.07, 6.45) is 0.696. The van der Waals surface area contributed by atoms with Crippen molar-refractivity contribution >= 4 is 0 Å². The molecule has 0 bridgehead atoms. The highest BCUT2D eigenvalue weighted by atomic mass is 16.5. The largest absolute Gasteiger partial charge is 0.339 e. The Hall–Kier alpha value is -1.68. The second-order valence-electron chi connectivity index (χ2n) is 4.80. The van der Waals surface area contributed by atoms with Crippen molar-refractivity contribution in [2.75, 3.05) is 0 Å². The van der Waals surface area contributed by atoms with E-state index in [1.807, 2.05) is 26.0 Å². The van der Waals surface area contributed by atoms with Gasteiger partial charge in [-0.2, -0.15) is 4.98 Å². The van der Waals surface area contributed by atoms with Gasteiger partial charge in [-0.15, -0.1) is 0 Å². The van der Waals surface area contributed by atoms with Crippen LogP contribution in [0.1, 0.15) is 42.6 Å². The summed E-state index contributed by atoms with van der Waals surface area (Å²) in [4.78, 5) is 4.41. The molecule has 2 N–H and O–H groups in total. The zero-order chi connectivity index (χ0) is 13.1. The third-order valence-corrected chi connectivity index (χ3v) is 3.27. The molecule has 0 amide bonds. The molecule has 0 spiro atoms. The molecule has 0 fully saturated rings. The standard InChI is InChI=1S/C14H19N3O/c1-9-6-4-5-7-12(9)8-13-16-14(18-17-13)10(2)11(3)15/h4-7,10-11H,8,15H2,1-3H3. The Morgan fingerprint density at radius 1 is 1.28 bits per heavy atom. The quantitative estimate of drug-likeness (QED) is 0.898. The summed E-state index contributed by atoms with van der Waals surface area (Å²) in [7, 11) is 0. The number of aromatic nitrogens is 2.